The van der Waals surface area contributed by atoms with Crippen molar-refractivity contribution in [3.8, 4) is 5.75 Å². The summed E-state index contributed by atoms with van der Waals surface area (Å²) in [5, 5.41) is 7.11. The molecule has 0 aliphatic carbocycles. The summed E-state index contributed by atoms with van der Waals surface area (Å²) in [6, 6.07) is 6.24. The predicted octanol–water partition coefficient (Wildman–Crippen LogP) is 4.02. The maximum atomic E-state index is 12.6. The van der Waals surface area contributed by atoms with E-state index < -0.39 is 0 Å². The predicted molar refractivity (Wildman–Crippen MR) is 122 cm³/mol. The Labute approximate surface area is 190 Å². The van der Waals surface area contributed by atoms with E-state index in [1.807, 2.05) is 38.7 Å². The van der Waals surface area contributed by atoms with E-state index in [-0.39, 0.29) is 17.9 Å². The molecule has 0 saturated carbocycles. The van der Waals surface area contributed by atoms with Crippen LogP contribution in [-0.4, -0.2) is 41.1 Å². The lowest BCUT2D eigenvalue weighted by atomic mass is 10.0. The van der Waals surface area contributed by atoms with Gasteiger partial charge in [-0.25, -0.2) is 0 Å². The minimum absolute atomic E-state index is 0.0360. The van der Waals surface area contributed by atoms with Crippen LogP contribution in [0.2, 0.25) is 0 Å². The van der Waals surface area contributed by atoms with Crippen molar-refractivity contribution in [2.75, 3.05) is 13.2 Å². The number of hydrogen-bond donors (Lipinski definition) is 1. The van der Waals surface area contributed by atoms with Crippen LogP contribution >= 0.6 is 0 Å². The fraction of sp³-hybridized carbons (Fsp3) is 0.560. The van der Waals surface area contributed by atoms with Gasteiger partial charge in [0.05, 0.1) is 18.8 Å². The molecule has 0 bridgehead atoms. The van der Waals surface area contributed by atoms with Gasteiger partial charge in [0.1, 0.15) is 11.5 Å². The number of hydrogen-bond acceptors (Lipinski definition) is 5. The highest BCUT2D eigenvalue weighted by Crippen LogP contribution is 2.21. The molecule has 7 nitrogen and oxygen atoms in total. The van der Waals surface area contributed by atoms with Gasteiger partial charge in [-0.3, -0.25) is 9.59 Å². The second kappa shape index (κ2) is 11.2. The second-order valence-corrected chi connectivity index (χ2v) is 8.60. The Morgan fingerprint density at radius 3 is 2.78 bits per heavy atom. The van der Waals surface area contributed by atoms with E-state index in [0.717, 1.165) is 47.6 Å². The number of nitrogens with one attached hydrogen (secondary N) is 1. The van der Waals surface area contributed by atoms with Crippen molar-refractivity contribution in [3.05, 3.63) is 46.3 Å². The zero-order chi connectivity index (χ0) is 23.1. The molecule has 2 aromatic rings. The molecule has 1 unspecified atom stereocenters. The second-order valence-electron chi connectivity index (χ2n) is 8.60. The van der Waals surface area contributed by atoms with E-state index in [0.29, 0.717) is 39.0 Å². The van der Waals surface area contributed by atoms with Crippen molar-refractivity contribution in [3.63, 3.8) is 0 Å². The standard InChI is InChI=1S/C25H35N3O4/c1-5-31-23-11-9-20(15-17(23)2)7-6-8-24(29)26-21-10-12-25(30)28(14-13-21)16-22-18(3)27-32-19(22)4/h9,11,15,21H,5-8,10,12-14,16H2,1-4H3,(H,26,29). The summed E-state index contributed by atoms with van der Waals surface area (Å²) >= 11 is 0. The number of nitrogens with zero attached hydrogens (tertiary/aromatic N) is 2. The molecular formula is C25H35N3O4. The molecular weight excluding hydrogens is 406 g/mol. The minimum atomic E-state index is 0.0360. The lowest BCUT2D eigenvalue weighted by molar-refractivity contribution is -0.131. The molecule has 174 valence electrons. The fourth-order valence-corrected chi connectivity index (χ4v) is 4.20. The molecule has 1 aromatic carbocycles. The maximum absolute atomic E-state index is 12.6. The van der Waals surface area contributed by atoms with E-state index in [9.17, 15) is 9.59 Å². The molecule has 1 saturated heterocycles. The third kappa shape index (κ3) is 6.34. The minimum Gasteiger partial charge on any atom is -0.494 e. The number of rotatable bonds is 9. The van der Waals surface area contributed by atoms with Crippen molar-refractivity contribution in [2.45, 2.75) is 78.8 Å². The third-order valence-electron chi connectivity index (χ3n) is 6.11. The first-order chi connectivity index (χ1) is 15.4. The number of carbonyl (C=O) groups is 2. The average molecular weight is 442 g/mol. The molecule has 1 fully saturated rings. The molecule has 32 heavy (non-hydrogen) atoms. The number of aromatic nitrogens is 1. The number of likely N-dealkylation sites (tertiary alicyclic amines) is 1. The summed E-state index contributed by atoms with van der Waals surface area (Å²) in [4.78, 5) is 26.9. The highest BCUT2D eigenvalue weighted by molar-refractivity contribution is 5.78. The molecule has 0 radical (unpaired) electrons. The highest BCUT2D eigenvalue weighted by atomic mass is 16.5. The fourth-order valence-electron chi connectivity index (χ4n) is 4.20. The monoisotopic (exact) mass is 441 g/mol. The summed E-state index contributed by atoms with van der Waals surface area (Å²) in [7, 11) is 0. The largest absolute Gasteiger partial charge is 0.494 e. The van der Waals surface area contributed by atoms with E-state index in [1.54, 1.807) is 0 Å². The third-order valence-corrected chi connectivity index (χ3v) is 6.11. The van der Waals surface area contributed by atoms with Crippen LogP contribution in [0.3, 0.4) is 0 Å². The van der Waals surface area contributed by atoms with Gasteiger partial charge in [0.15, 0.2) is 0 Å². The van der Waals surface area contributed by atoms with Gasteiger partial charge < -0.3 is 19.5 Å². The van der Waals surface area contributed by atoms with Crippen molar-refractivity contribution in [1.29, 1.82) is 0 Å². The van der Waals surface area contributed by atoms with E-state index >= 15 is 0 Å². The van der Waals surface area contributed by atoms with Gasteiger partial charge in [0, 0.05) is 31.0 Å². The molecule has 3 rings (SSSR count). The average Bonchev–Trinajstić information content (AvgIpc) is 2.96. The Hall–Kier alpha value is -2.83. The SMILES string of the molecule is CCOc1ccc(CCCC(=O)NC2CCC(=O)N(Cc3c(C)noc3C)CC2)cc1C. The first kappa shape index (κ1) is 23.8. The van der Waals surface area contributed by atoms with Gasteiger partial charge in [-0.2, -0.15) is 0 Å². The summed E-state index contributed by atoms with van der Waals surface area (Å²) in [5.74, 6) is 1.85. The summed E-state index contributed by atoms with van der Waals surface area (Å²) < 4.78 is 10.8. The van der Waals surface area contributed by atoms with Gasteiger partial charge >= 0.3 is 0 Å². The molecule has 1 aromatic heterocycles. The maximum Gasteiger partial charge on any atom is 0.222 e. The Morgan fingerprint density at radius 1 is 1.28 bits per heavy atom. The lowest BCUT2D eigenvalue weighted by Crippen LogP contribution is -2.35. The van der Waals surface area contributed by atoms with Crippen molar-refractivity contribution >= 4 is 11.8 Å². The summed E-state index contributed by atoms with van der Waals surface area (Å²) in [6.07, 6.45) is 4.02. The van der Waals surface area contributed by atoms with Crippen molar-refractivity contribution in [1.82, 2.24) is 15.4 Å². The number of amides is 2. The molecule has 1 aliphatic rings. The first-order valence-corrected chi connectivity index (χ1v) is 11.6. The van der Waals surface area contributed by atoms with Crippen LogP contribution in [0.4, 0.5) is 0 Å². The Morgan fingerprint density at radius 2 is 2.09 bits per heavy atom. The van der Waals surface area contributed by atoms with E-state index in [2.05, 4.69) is 22.6 Å². The van der Waals surface area contributed by atoms with Crippen LogP contribution in [-0.2, 0) is 22.6 Å². The zero-order valence-electron chi connectivity index (χ0n) is 19.7. The van der Waals surface area contributed by atoms with Gasteiger partial charge in [-0.05, 0) is 70.6 Å². The topological polar surface area (TPSA) is 84.7 Å². The van der Waals surface area contributed by atoms with Gasteiger partial charge in [0.2, 0.25) is 11.8 Å². The molecule has 1 atom stereocenters. The smallest absolute Gasteiger partial charge is 0.222 e. The van der Waals surface area contributed by atoms with Crippen LogP contribution < -0.4 is 10.1 Å². The molecule has 2 amide bonds. The van der Waals surface area contributed by atoms with Crippen LogP contribution in [0.25, 0.3) is 0 Å². The molecule has 2 heterocycles. The van der Waals surface area contributed by atoms with Gasteiger partial charge in [0.25, 0.3) is 0 Å². The molecule has 1 N–H and O–H groups in total. The number of ether oxygens (including phenoxy) is 1. The van der Waals surface area contributed by atoms with Crippen LogP contribution in [0.5, 0.6) is 5.75 Å². The summed E-state index contributed by atoms with van der Waals surface area (Å²) in [5.41, 5.74) is 4.14. The number of aryl methyl sites for hydroxylation is 4. The zero-order valence-corrected chi connectivity index (χ0v) is 19.7. The Balaban J connectivity index is 1.43. The van der Waals surface area contributed by atoms with Crippen molar-refractivity contribution < 1.29 is 18.8 Å². The number of carbonyl (C=O) groups excluding carboxylic acids is 2. The lowest BCUT2D eigenvalue weighted by Gasteiger charge is -2.21. The van der Waals surface area contributed by atoms with Crippen LogP contribution in [0.1, 0.15) is 67.2 Å². The first-order valence-electron chi connectivity index (χ1n) is 11.6. The molecule has 0 spiro atoms. The Kier molecular flexibility index (Phi) is 8.31. The highest BCUT2D eigenvalue weighted by Gasteiger charge is 2.25. The molecule has 7 heteroatoms. The van der Waals surface area contributed by atoms with Crippen LogP contribution in [0.15, 0.2) is 22.7 Å². The van der Waals surface area contributed by atoms with Gasteiger partial charge in [-0.1, -0.05) is 17.3 Å². The Bertz CT molecular complexity index is 918. The number of benzene rings is 1. The summed E-state index contributed by atoms with van der Waals surface area (Å²) in [6.45, 7) is 9.59. The van der Waals surface area contributed by atoms with Gasteiger partial charge in [-0.15, -0.1) is 0 Å². The van der Waals surface area contributed by atoms with Crippen molar-refractivity contribution in [2.24, 2.45) is 0 Å². The normalized spacial score (nSPS) is 16.7. The van der Waals surface area contributed by atoms with E-state index in [1.165, 1.54) is 5.56 Å². The molecule has 1 aliphatic heterocycles. The van der Waals surface area contributed by atoms with Crippen LogP contribution in [0, 0.1) is 20.8 Å². The van der Waals surface area contributed by atoms with E-state index in [4.69, 9.17) is 9.26 Å². The quantitative estimate of drug-likeness (QED) is 0.635.